The Labute approximate surface area is 121 Å². The third kappa shape index (κ3) is 2.04. The molecule has 0 atom stereocenters. The van der Waals surface area contributed by atoms with E-state index in [-0.39, 0.29) is 16.6 Å². The molecule has 1 saturated heterocycles. The summed E-state index contributed by atoms with van der Waals surface area (Å²) in [5.41, 5.74) is 8.33. The molecule has 0 radical (unpaired) electrons. The number of rotatable bonds is 2. The smallest absolute Gasteiger partial charge is 0.399 e. The molecule has 5 heteroatoms. The van der Waals surface area contributed by atoms with Gasteiger partial charge in [0.25, 0.3) is 0 Å². The van der Waals surface area contributed by atoms with E-state index in [9.17, 15) is 0 Å². The molecule has 2 N–H and O–H groups in total. The van der Waals surface area contributed by atoms with Gasteiger partial charge in [0.15, 0.2) is 0 Å². The Kier molecular flexibility index (Phi) is 2.77. The van der Waals surface area contributed by atoms with Crippen molar-refractivity contribution in [2.45, 2.75) is 64.1 Å². The fourth-order valence-corrected chi connectivity index (χ4v) is 2.54. The quantitative estimate of drug-likeness (QED) is 0.838. The van der Waals surface area contributed by atoms with Gasteiger partial charge in [-0.05, 0) is 46.6 Å². The molecular weight excluding hydrogens is 251 g/mol. The summed E-state index contributed by atoms with van der Waals surface area (Å²) in [7, 11) is -0.393. The molecule has 20 heavy (non-hydrogen) atoms. The predicted molar refractivity (Wildman–Crippen MR) is 81.0 cm³/mol. The summed E-state index contributed by atoms with van der Waals surface area (Å²) in [6, 6.07) is 1.95. The Morgan fingerprint density at radius 2 is 1.65 bits per heavy atom. The maximum atomic E-state index is 6.18. The minimum Gasteiger partial charge on any atom is -0.399 e. The average Bonchev–Trinajstić information content (AvgIpc) is 3.01. The van der Waals surface area contributed by atoms with Crippen LogP contribution in [-0.4, -0.2) is 23.3 Å². The molecule has 3 rings (SSSR count). The number of anilines is 1. The lowest BCUT2D eigenvalue weighted by molar-refractivity contribution is 0.00578. The molecule has 108 valence electrons. The van der Waals surface area contributed by atoms with Crippen LogP contribution in [-0.2, 0) is 14.7 Å². The number of aromatic nitrogens is 1. The van der Waals surface area contributed by atoms with Crippen LogP contribution in [0.3, 0.4) is 0 Å². The molecule has 2 aliphatic rings. The van der Waals surface area contributed by atoms with Crippen LogP contribution in [0.15, 0.2) is 12.3 Å². The molecule has 0 amide bonds. The van der Waals surface area contributed by atoms with Gasteiger partial charge in [-0.25, -0.2) is 0 Å². The van der Waals surface area contributed by atoms with E-state index in [4.69, 9.17) is 15.0 Å². The van der Waals surface area contributed by atoms with Crippen LogP contribution in [0.25, 0.3) is 0 Å². The fraction of sp³-hybridized carbons (Fsp3) is 0.667. The largest absolute Gasteiger partial charge is 0.496 e. The maximum Gasteiger partial charge on any atom is 0.496 e. The van der Waals surface area contributed by atoms with Crippen molar-refractivity contribution in [1.29, 1.82) is 0 Å². The van der Waals surface area contributed by atoms with Gasteiger partial charge in [0, 0.05) is 17.1 Å². The molecule has 1 saturated carbocycles. The lowest BCUT2D eigenvalue weighted by Crippen LogP contribution is -2.41. The summed E-state index contributed by atoms with van der Waals surface area (Å²) in [6.07, 6.45) is 4.18. The van der Waals surface area contributed by atoms with Crippen LogP contribution in [0.4, 0.5) is 5.69 Å². The van der Waals surface area contributed by atoms with Gasteiger partial charge < -0.3 is 15.0 Å². The van der Waals surface area contributed by atoms with Gasteiger partial charge >= 0.3 is 7.12 Å². The summed E-state index contributed by atoms with van der Waals surface area (Å²) in [4.78, 5) is 4.57. The number of nitrogen functional groups attached to an aromatic ring is 1. The van der Waals surface area contributed by atoms with E-state index < -0.39 is 7.12 Å². The first-order valence-corrected chi connectivity index (χ1v) is 7.26. The van der Waals surface area contributed by atoms with E-state index in [1.165, 1.54) is 12.8 Å². The van der Waals surface area contributed by atoms with Crippen molar-refractivity contribution >= 4 is 18.3 Å². The van der Waals surface area contributed by atoms with Gasteiger partial charge in [-0.1, -0.05) is 6.92 Å². The second kappa shape index (κ2) is 3.98. The number of pyridine rings is 1. The number of nitrogens with zero attached hydrogens (tertiary/aromatic N) is 1. The van der Waals surface area contributed by atoms with E-state index in [2.05, 4.69) is 11.9 Å². The Hall–Kier alpha value is -1.07. The molecule has 0 spiro atoms. The van der Waals surface area contributed by atoms with Gasteiger partial charge in [0.2, 0.25) is 0 Å². The average molecular weight is 274 g/mol. The maximum absolute atomic E-state index is 6.18. The Balaban J connectivity index is 1.88. The fourth-order valence-electron chi connectivity index (χ4n) is 2.54. The summed E-state index contributed by atoms with van der Waals surface area (Å²) >= 11 is 0. The molecule has 0 unspecified atom stereocenters. The van der Waals surface area contributed by atoms with E-state index >= 15 is 0 Å². The molecule has 4 nitrogen and oxygen atoms in total. The molecule has 1 aliphatic carbocycles. The topological polar surface area (TPSA) is 57.4 Å². The van der Waals surface area contributed by atoms with Gasteiger partial charge in [-0.15, -0.1) is 0 Å². The van der Waals surface area contributed by atoms with Crippen LogP contribution in [0.2, 0.25) is 0 Å². The van der Waals surface area contributed by atoms with Gasteiger partial charge in [-0.2, -0.15) is 0 Å². The molecule has 1 aliphatic heterocycles. The second-order valence-electron chi connectivity index (χ2n) is 7.36. The SMILES string of the molecule is CC1(c2ncc(B3OC(C)(C)C(C)(C)O3)cc2N)CC1. The molecule has 1 aromatic heterocycles. The van der Waals surface area contributed by atoms with Crippen LogP contribution in [0.5, 0.6) is 0 Å². The minimum atomic E-state index is -0.393. The summed E-state index contributed by atoms with van der Waals surface area (Å²) < 4.78 is 12.1. The summed E-state index contributed by atoms with van der Waals surface area (Å²) in [5.74, 6) is 0. The Morgan fingerprint density at radius 3 is 2.10 bits per heavy atom. The van der Waals surface area contributed by atoms with Crippen molar-refractivity contribution in [3.63, 3.8) is 0 Å². The van der Waals surface area contributed by atoms with Crippen molar-refractivity contribution in [2.75, 3.05) is 5.73 Å². The van der Waals surface area contributed by atoms with Crippen LogP contribution in [0.1, 0.15) is 53.2 Å². The highest BCUT2D eigenvalue weighted by Gasteiger charge is 2.52. The number of hydrogen-bond donors (Lipinski definition) is 1. The van der Waals surface area contributed by atoms with Crippen molar-refractivity contribution in [1.82, 2.24) is 4.98 Å². The van der Waals surface area contributed by atoms with Crippen LogP contribution in [0, 0.1) is 0 Å². The highest BCUT2D eigenvalue weighted by Crippen LogP contribution is 2.48. The van der Waals surface area contributed by atoms with Crippen molar-refractivity contribution in [3.05, 3.63) is 18.0 Å². The highest BCUT2D eigenvalue weighted by atomic mass is 16.7. The minimum absolute atomic E-state index is 0.179. The normalized spacial score (nSPS) is 25.8. The number of hydrogen-bond acceptors (Lipinski definition) is 4. The molecular formula is C15H23BN2O2. The first-order chi connectivity index (χ1) is 9.15. The molecule has 2 fully saturated rings. The lowest BCUT2D eigenvalue weighted by atomic mass is 9.79. The molecule has 0 bridgehead atoms. The summed E-state index contributed by atoms with van der Waals surface area (Å²) in [6.45, 7) is 10.4. The summed E-state index contributed by atoms with van der Waals surface area (Å²) in [5, 5.41) is 0. The van der Waals surface area contributed by atoms with Gasteiger partial charge in [0.1, 0.15) is 0 Å². The third-order valence-electron chi connectivity index (χ3n) is 5.04. The Morgan fingerprint density at radius 1 is 1.10 bits per heavy atom. The molecule has 0 aromatic carbocycles. The lowest BCUT2D eigenvalue weighted by Gasteiger charge is -2.32. The highest BCUT2D eigenvalue weighted by molar-refractivity contribution is 6.62. The molecule has 1 aromatic rings. The van der Waals surface area contributed by atoms with Crippen molar-refractivity contribution < 1.29 is 9.31 Å². The van der Waals surface area contributed by atoms with E-state index in [1.807, 2.05) is 40.0 Å². The first-order valence-electron chi connectivity index (χ1n) is 7.26. The number of nitrogens with two attached hydrogens (primary N) is 1. The zero-order valence-electron chi connectivity index (χ0n) is 13.0. The van der Waals surface area contributed by atoms with Gasteiger partial charge in [0.05, 0.1) is 22.6 Å². The zero-order chi connectivity index (χ0) is 14.8. The van der Waals surface area contributed by atoms with Crippen molar-refractivity contribution in [3.8, 4) is 0 Å². The van der Waals surface area contributed by atoms with Crippen LogP contribution < -0.4 is 11.2 Å². The van der Waals surface area contributed by atoms with Crippen LogP contribution >= 0.6 is 0 Å². The Bertz CT molecular complexity index is 537. The van der Waals surface area contributed by atoms with Gasteiger partial charge in [-0.3, -0.25) is 4.98 Å². The van der Waals surface area contributed by atoms with E-state index in [0.717, 1.165) is 16.8 Å². The van der Waals surface area contributed by atoms with E-state index in [1.54, 1.807) is 0 Å². The molecule has 2 heterocycles. The first kappa shape index (κ1) is 13.9. The third-order valence-corrected chi connectivity index (χ3v) is 5.04. The standard InChI is InChI=1S/C15H23BN2O2/c1-13(2)14(3,4)20-16(19-13)10-8-11(17)12(18-9-10)15(5)6-7-15/h8-9H,6-7,17H2,1-5H3. The second-order valence-corrected chi connectivity index (χ2v) is 7.36. The zero-order valence-corrected chi connectivity index (χ0v) is 13.0. The predicted octanol–water partition coefficient (Wildman–Crippen LogP) is 2.01. The van der Waals surface area contributed by atoms with E-state index in [0.29, 0.717) is 0 Å². The van der Waals surface area contributed by atoms with Crippen molar-refractivity contribution in [2.24, 2.45) is 0 Å². The monoisotopic (exact) mass is 274 g/mol.